The van der Waals surface area contributed by atoms with Gasteiger partial charge >= 0.3 is 154 Å². The van der Waals surface area contributed by atoms with Crippen LogP contribution in [0.1, 0.15) is 39.8 Å². The fraction of sp³-hybridized carbons (Fsp3) is 0.682. The Labute approximate surface area is 418 Å². The second-order valence-corrected chi connectivity index (χ2v) is 16.4. The van der Waals surface area contributed by atoms with Crippen LogP contribution in [-0.2, 0) is 50.4 Å². The minimum Gasteiger partial charge on any atom is -0.756 e. The number of rotatable bonds is 16. The topological polar surface area (TPSA) is 312 Å². The smallest absolute Gasteiger partial charge is 0.756 e. The average molecular weight is 863 g/mol. The quantitative estimate of drug-likeness (QED) is 0.104. The molecule has 21 nitrogen and oxygen atoms in total. The van der Waals surface area contributed by atoms with Crippen molar-refractivity contribution in [1.29, 1.82) is 0 Å². The molecule has 0 aromatic carbocycles. The van der Waals surface area contributed by atoms with Gasteiger partial charge in [0.05, 0.1) is 19.5 Å². The number of aliphatic hydroxyl groups is 1. The first-order chi connectivity index (χ1) is 21.8. The number of anilines is 1. The molecule has 2 aromatic rings. The summed E-state index contributed by atoms with van der Waals surface area (Å²) in [5, 5.41) is 12.6. The number of imidazole rings is 1. The van der Waals surface area contributed by atoms with Crippen LogP contribution in [0.2, 0.25) is 0 Å². The van der Waals surface area contributed by atoms with Gasteiger partial charge in [0, 0.05) is 24.1 Å². The number of phosphoric acid groups is 3. The van der Waals surface area contributed by atoms with E-state index in [0.29, 0.717) is 5.75 Å². The number of aromatic nitrogens is 4. The van der Waals surface area contributed by atoms with E-state index < -0.39 is 78.6 Å². The minimum absolute atomic E-state index is 0. The average Bonchev–Trinajstić information content (AvgIpc) is 3.64. The summed E-state index contributed by atoms with van der Waals surface area (Å²) in [4.78, 5) is 72.9. The standard InChI is InChI=1S/C22H35N6O15P3S.3K/c1-4-7-47-13(29)5-6-24-20(31)17(30)22(2,3)9-39-45(34,35)43-44(32,33)38-8-12-15-16(42-46(36,37)41-15)21(40-12)28-11-27-14-18(23)25-10-26-19(14)28;;;/h10-12,15-17,21,30H,4-9H2,1-3H3,(H,24,31)(H,32,33)(H,34,35)(H,36,37)(H2,23,25,26);;;/q;3*+1/p-3/t12-,15-,16-,17+,21-;;;/m1.../s1. The maximum Gasteiger partial charge on any atom is 1.00 e. The maximum atomic E-state index is 12.4. The molecule has 2 saturated heterocycles. The molecule has 2 aliphatic rings. The second-order valence-electron chi connectivity index (χ2n) is 10.9. The molecule has 264 valence electrons. The molecule has 28 heteroatoms. The molecule has 8 atom stereocenters. The summed E-state index contributed by atoms with van der Waals surface area (Å²) in [5.41, 5.74) is 4.49. The zero-order chi connectivity index (χ0) is 34.8. The second kappa shape index (κ2) is 21.7. The summed E-state index contributed by atoms with van der Waals surface area (Å²) in [6.45, 7) is 2.47. The van der Waals surface area contributed by atoms with Crippen LogP contribution < -0.4 is 180 Å². The molecule has 0 saturated carbocycles. The number of aliphatic hydroxyl groups excluding tert-OH is 1. The van der Waals surface area contributed by atoms with E-state index in [9.17, 15) is 43.1 Å². The van der Waals surface area contributed by atoms with Crippen LogP contribution >= 0.6 is 35.2 Å². The van der Waals surface area contributed by atoms with Crippen LogP contribution in [0.15, 0.2) is 12.7 Å². The van der Waals surface area contributed by atoms with Crippen molar-refractivity contribution < 1.29 is 224 Å². The van der Waals surface area contributed by atoms with Gasteiger partial charge in [-0.25, -0.2) is 19.3 Å². The summed E-state index contributed by atoms with van der Waals surface area (Å²) in [6.07, 6.45) is -4.22. The van der Waals surface area contributed by atoms with Crippen molar-refractivity contribution >= 4 is 63.2 Å². The van der Waals surface area contributed by atoms with Crippen molar-refractivity contribution in [1.82, 2.24) is 24.8 Å². The molecule has 0 radical (unpaired) electrons. The van der Waals surface area contributed by atoms with Gasteiger partial charge in [0.1, 0.15) is 36.3 Å². The number of nitrogens with one attached hydrogen (secondary N) is 1. The number of carbonyl (C=O) groups excluding carboxylic acids is 2. The Morgan fingerprint density at radius 3 is 2.46 bits per heavy atom. The number of fused-ring (bicyclic) bond motifs is 2. The Morgan fingerprint density at radius 2 is 1.80 bits per heavy atom. The molecule has 2 aromatic heterocycles. The van der Waals surface area contributed by atoms with Crippen molar-refractivity contribution in [2.75, 3.05) is 31.2 Å². The molecule has 2 aliphatic heterocycles. The monoisotopic (exact) mass is 862 g/mol. The molecular weight excluding hydrogens is 831 g/mol. The van der Waals surface area contributed by atoms with Crippen molar-refractivity contribution in [3.63, 3.8) is 0 Å². The Kier molecular flexibility index (Phi) is 22.2. The molecular formula is C22H32K3N6O15P3S. The van der Waals surface area contributed by atoms with Crippen molar-refractivity contribution in [2.24, 2.45) is 5.41 Å². The van der Waals surface area contributed by atoms with Gasteiger partial charge in [-0.05, 0) is 6.42 Å². The van der Waals surface area contributed by atoms with E-state index in [4.69, 9.17) is 19.5 Å². The molecule has 4 N–H and O–H groups in total. The summed E-state index contributed by atoms with van der Waals surface area (Å²) in [7, 11) is -16.3. The van der Waals surface area contributed by atoms with E-state index >= 15 is 0 Å². The molecule has 50 heavy (non-hydrogen) atoms. The first-order valence-electron chi connectivity index (χ1n) is 13.8. The Bertz CT molecular complexity index is 1630. The van der Waals surface area contributed by atoms with Gasteiger partial charge < -0.3 is 53.7 Å². The molecule has 2 fully saturated rings. The number of hydrogen-bond acceptors (Lipinski definition) is 20. The molecule has 1 amide bonds. The summed E-state index contributed by atoms with van der Waals surface area (Å²) < 4.78 is 67.2. The third kappa shape index (κ3) is 14.1. The minimum atomic E-state index is -5.72. The van der Waals surface area contributed by atoms with E-state index in [0.717, 1.165) is 24.5 Å². The van der Waals surface area contributed by atoms with E-state index in [1.807, 2.05) is 6.92 Å². The Hall–Kier alpha value is 3.04. The zero-order valence-electron chi connectivity index (χ0n) is 28.1. The number of thioether (sulfide) groups is 1. The van der Waals surface area contributed by atoms with Crippen LogP contribution in [0.4, 0.5) is 5.82 Å². The van der Waals surface area contributed by atoms with Gasteiger partial charge in [-0.3, -0.25) is 27.9 Å². The molecule has 4 rings (SSSR count). The van der Waals surface area contributed by atoms with Gasteiger partial charge in [0.25, 0.3) is 23.5 Å². The van der Waals surface area contributed by atoms with Gasteiger partial charge in [-0.1, -0.05) is 32.5 Å². The maximum absolute atomic E-state index is 12.4. The van der Waals surface area contributed by atoms with Gasteiger partial charge in [-0.15, -0.1) is 0 Å². The van der Waals surface area contributed by atoms with Gasteiger partial charge in [0.2, 0.25) is 5.91 Å². The number of nitrogen functional groups attached to an aromatic ring is 1. The van der Waals surface area contributed by atoms with Crippen molar-refractivity contribution in [2.45, 2.75) is 64.3 Å². The van der Waals surface area contributed by atoms with Crippen molar-refractivity contribution in [3.8, 4) is 0 Å². The van der Waals surface area contributed by atoms with E-state index in [2.05, 4.69) is 33.6 Å². The van der Waals surface area contributed by atoms with Crippen LogP contribution in [0.5, 0.6) is 0 Å². The number of nitrogens with zero attached hydrogens (tertiary/aromatic N) is 4. The normalized spacial score (nSPS) is 26.0. The van der Waals surface area contributed by atoms with Crippen LogP contribution in [-0.4, -0.2) is 85.6 Å². The number of phosphoric ester groups is 3. The number of hydrogen-bond donors (Lipinski definition) is 3. The van der Waals surface area contributed by atoms with Crippen LogP contribution in [0.3, 0.4) is 0 Å². The van der Waals surface area contributed by atoms with Crippen LogP contribution in [0, 0.1) is 5.41 Å². The first kappa shape index (κ1) is 51.1. The predicted molar refractivity (Wildman–Crippen MR) is 154 cm³/mol. The first-order valence-corrected chi connectivity index (χ1v) is 19.2. The molecule has 0 bridgehead atoms. The molecule has 4 heterocycles. The van der Waals surface area contributed by atoms with Gasteiger partial charge in [-0.2, -0.15) is 0 Å². The third-order valence-electron chi connectivity index (χ3n) is 6.72. The fourth-order valence-corrected chi connectivity index (χ4v) is 8.35. The number of nitrogens with two attached hydrogens (primary N) is 1. The SMILES string of the molecule is CCCSC(=O)CCNC(=O)[C@H](O)C(C)(C)COP(=O)([O-])OP(=O)([O-])OC[C@H]1O[C@@H](n2cnc3c(N)ncnc32)[C@@H]2OP(=O)([O-])O[C@@H]21.[K+].[K+].[K+]. The van der Waals surface area contributed by atoms with Gasteiger partial charge in [0.15, 0.2) is 22.8 Å². The third-order valence-corrected chi connectivity index (χ3v) is 11.4. The Morgan fingerprint density at radius 1 is 1.16 bits per heavy atom. The number of carbonyl (C=O) groups is 2. The molecule has 0 spiro atoms. The number of ether oxygens (including phenoxy) is 1. The summed E-state index contributed by atoms with van der Waals surface area (Å²) in [6, 6.07) is 0. The summed E-state index contributed by atoms with van der Waals surface area (Å²) >= 11 is 1.11. The van der Waals surface area contributed by atoms with Crippen molar-refractivity contribution in [3.05, 3.63) is 12.7 Å². The van der Waals surface area contributed by atoms with E-state index in [-0.39, 0.29) is 189 Å². The summed E-state index contributed by atoms with van der Waals surface area (Å²) in [5.74, 6) is -0.278. The Balaban J connectivity index is 0.00000417. The molecule has 3 unspecified atom stereocenters. The molecule has 0 aliphatic carbocycles. The number of amides is 1. The largest absolute Gasteiger partial charge is 1.00 e. The zero-order valence-corrected chi connectivity index (χ0v) is 40.9. The van der Waals surface area contributed by atoms with E-state index in [1.54, 1.807) is 0 Å². The van der Waals surface area contributed by atoms with E-state index in [1.165, 1.54) is 24.7 Å². The fourth-order valence-electron chi connectivity index (χ4n) is 4.37. The predicted octanol–water partition coefficient (Wildman–Crippen LogP) is -9.88. The van der Waals surface area contributed by atoms with Crippen LogP contribution in [0.25, 0.3) is 11.2 Å².